The van der Waals surface area contributed by atoms with Crippen molar-refractivity contribution in [3.05, 3.63) is 35.6 Å². The minimum absolute atomic E-state index is 0.0700. The number of carbonyl (C=O) groups is 2. The highest BCUT2D eigenvalue weighted by atomic mass is 16.2. The lowest BCUT2D eigenvalue weighted by Gasteiger charge is -2.35. The summed E-state index contributed by atoms with van der Waals surface area (Å²) in [6.45, 7) is 2.11. The monoisotopic (exact) mass is 465 g/mol. The molecule has 3 N–H and O–H groups in total. The zero-order valence-electron chi connectivity index (χ0n) is 20.1. The average molecular weight is 466 g/mol. The highest BCUT2D eigenvalue weighted by Gasteiger charge is 2.32. The third-order valence-corrected chi connectivity index (χ3v) is 7.60. The first kappa shape index (κ1) is 22.8. The van der Waals surface area contributed by atoms with E-state index < -0.39 is 0 Å². The molecule has 2 amide bonds. The van der Waals surface area contributed by atoms with Crippen LogP contribution in [-0.2, 0) is 4.79 Å². The van der Waals surface area contributed by atoms with Crippen LogP contribution in [0.25, 0.3) is 0 Å². The van der Waals surface area contributed by atoms with E-state index in [4.69, 9.17) is 4.98 Å². The van der Waals surface area contributed by atoms with Gasteiger partial charge in [0, 0.05) is 30.9 Å². The van der Waals surface area contributed by atoms with Crippen LogP contribution in [0.2, 0.25) is 0 Å². The normalized spacial score (nSPS) is 25.8. The van der Waals surface area contributed by atoms with Gasteiger partial charge in [-0.1, -0.05) is 31.4 Å². The van der Waals surface area contributed by atoms with Gasteiger partial charge in [-0.2, -0.15) is 4.98 Å². The lowest BCUT2D eigenvalue weighted by molar-refractivity contribution is -0.118. The van der Waals surface area contributed by atoms with E-state index in [1.165, 1.54) is 19.3 Å². The van der Waals surface area contributed by atoms with Crippen LogP contribution in [0.15, 0.2) is 30.0 Å². The van der Waals surface area contributed by atoms with Crippen LogP contribution in [0.3, 0.4) is 0 Å². The Morgan fingerprint density at radius 2 is 1.88 bits per heavy atom. The first-order valence-corrected chi connectivity index (χ1v) is 12.5. The number of aromatic nitrogens is 2. The maximum atomic E-state index is 13.0. The molecule has 9 nitrogen and oxygen atoms in total. The summed E-state index contributed by atoms with van der Waals surface area (Å²) in [5, 5.41) is 9.60. The molecule has 1 saturated heterocycles. The molecule has 1 aromatic heterocycles. The molecule has 2 aliphatic heterocycles. The second kappa shape index (κ2) is 9.74. The average Bonchev–Trinajstić information content (AvgIpc) is 2.99. The number of nitrogens with one attached hydrogen (secondary N) is 3. The number of rotatable bonds is 4. The van der Waals surface area contributed by atoms with Gasteiger partial charge >= 0.3 is 0 Å². The van der Waals surface area contributed by atoms with E-state index in [1.54, 1.807) is 6.20 Å². The molecule has 1 aromatic rings. The van der Waals surface area contributed by atoms with Gasteiger partial charge in [-0.25, -0.2) is 4.98 Å². The minimum atomic E-state index is -0.339. The van der Waals surface area contributed by atoms with Crippen molar-refractivity contribution in [2.24, 2.45) is 0 Å². The molecule has 4 aliphatic rings. The summed E-state index contributed by atoms with van der Waals surface area (Å²) in [7, 11) is 4.17. The molecule has 1 saturated carbocycles. The fraction of sp³-hybridized carbons (Fsp3) is 0.600. The molecule has 2 atom stereocenters. The highest BCUT2D eigenvalue weighted by Crippen LogP contribution is 2.26. The number of piperidine rings is 1. The predicted octanol–water partition coefficient (Wildman–Crippen LogP) is 1.84. The van der Waals surface area contributed by atoms with Crippen molar-refractivity contribution in [1.29, 1.82) is 0 Å². The first-order valence-electron chi connectivity index (χ1n) is 12.5. The van der Waals surface area contributed by atoms with Gasteiger partial charge in [-0.3, -0.25) is 9.59 Å². The number of hydrogen-bond acceptors (Lipinski definition) is 7. The number of fused-ring (bicyclic) bond motifs is 2. The van der Waals surface area contributed by atoms with Gasteiger partial charge in [-0.15, -0.1) is 0 Å². The van der Waals surface area contributed by atoms with E-state index in [0.29, 0.717) is 28.9 Å². The van der Waals surface area contributed by atoms with Gasteiger partial charge in [0.25, 0.3) is 11.8 Å². The molecule has 2 fully saturated rings. The Kier molecular flexibility index (Phi) is 6.54. The van der Waals surface area contributed by atoms with Crippen molar-refractivity contribution < 1.29 is 9.59 Å². The Bertz CT molecular complexity index is 993. The van der Waals surface area contributed by atoms with Crippen LogP contribution in [-0.4, -0.2) is 78.0 Å². The molecule has 0 aromatic carbocycles. The van der Waals surface area contributed by atoms with E-state index in [1.807, 2.05) is 25.3 Å². The molecular weight excluding hydrogens is 430 g/mol. The maximum absolute atomic E-state index is 13.0. The quantitative estimate of drug-likeness (QED) is 0.624. The van der Waals surface area contributed by atoms with E-state index in [0.717, 1.165) is 38.8 Å². The topological polar surface area (TPSA) is 102 Å². The summed E-state index contributed by atoms with van der Waals surface area (Å²) in [5.74, 6) is 0.847. The minimum Gasteiger partial charge on any atom is -0.361 e. The fourth-order valence-corrected chi connectivity index (χ4v) is 5.37. The summed E-state index contributed by atoms with van der Waals surface area (Å²) in [6.07, 6.45) is 15.0. The van der Waals surface area contributed by atoms with Crippen molar-refractivity contribution in [3.63, 3.8) is 0 Å². The maximum Gasteiger partial charge on any atom is 0.257 e. The largest absolute Gasteiger partial charge is 0.361 e. The molecular formula is C25H35N7O2. The van der Waals surface area contributed by atoms with Crippen LogP contribution in [0.5, 0.6) is 0 Å². The third-order valence-electron chi connectivity index (χ3n) is 7.60. The summed E-state index contributed by atoms with van der Waals surface area (Å²) in [5.41, 5.74) is 1.01. The standard InChI is InChI=1S/C25H35N7O2/c1-31-12-10-18(11-13-31)32(2)25-26-15-19-22(30-25)28-20-9-8-16(14-21(20)29-24(19)34)23(33)27-17-6-4-3-5-7-17/h8-9,14-15,17-18,20-21H,3-7,10-13H2,1-2H3,(H,27,33)(H,29,34)(H,26,28,30). The zero-order chi connectivity index (χ0) is 23.7. The smallest absolute Gasteiger partial charge is 0.257 e. The Balaban J connectivity index is 1.29. The molecule has 182 valence electrons. The Morgan fingerprint density at radius 1 is 1.12 bits per heavy atom. The second-order valence-corrected chi connectivity index (χ2v) is 10.0. The zero-order valence-corrected chi connectivity index (χ0v) is 20.1. The summed E-state index contributed by atoms with van der Waals surface area (Å²) < 4.78 is 0. The van der Waals surface area contributed by atoms with Crippen LogP contribution < -0.4 is 20.9 Å². The number of likely N-dealkylation sites (tertiary alicyclic amines) is 1. The van der Waals surface area contributed by atoms with Gasteiger partial charge in [-0.05, 0) is 51.9 Å². The number of nitrogens with zero attached hydrogens (tertiary/aromatic N) is 4. The molecule has 2 aliphatic carbocycles. The van der Waals surface area contributed by atoms with E-state index in [2.05, 4.69) is 37.8 Å². The third kappa shape index (κ3) is 4.80. The molecule has 9 heteroatoms. The van der Waals surface area contributed by atoms with Crippen molar-refractivity contribution in [3.8, 4) is 0 Å². The summed E-state index contributed by atoms with van der Waals surface area (Å²) in [6, 6.07) is 0.0978. The van der Waals surface area contributed by atoms with Gasteiger partial charge in [0.05, 0.1) is 12.1 Å². The van der Waals surface area contributed by atoms with E-state index in [-0.39, 0.29) is 29.9 Å². The lowest BCUT2D eigenvalue weighted by Crippen LogP contribution is -2.45. The van der Waals surface area contributed by atoms with Crippen molar-refractivity contribution in [2.45, 2.75) is 69.1 Å². The van der Waals surface area contributed by atoms with Gasteiger partial charge < -0.3 is 25.8 Å². The number of anilines is 2. The van der Waals surface area contributed by atoms with E-state index in [9.17, 15) is 9.59 Å². The van der Waals surface area contributed by atoms with Gasteiger partial charge in [0.15, 0.2) is 0 Å². The Hall–Kier alpha value is -2.94. The molecule has 5 rings (SSSR count). The number of carbonyl (C=O) groups excluding carboxylic acids is 2. The molecule has 34 heavy (non-hydrogen) atoms. The Morgan fingerprint density at radius 3 is 2.65 bits per heavy atom. The van der Waals surface area contributed by atoms with Crippen LogP contribution in [0, 0.1) is 0 Å². The fourth-order valence-electron chi connectivity index (χ4n) is 5.37. The van der Waals surface area contributed by atoms with E-state index >= 15 is 0 Å². The van der Waals surface area contributed by atoms with Gasteiger partial charge in [0.2, 0.25) is 5.95 Å². The van der Waals surface area contributed by atoms with Crippen LogP contribution >= 0.6 is 0 Å². The number of hydrogen-bond donors (Lipinski definition) is 3. The number of amides is 2. The molecule has 0 radical (unpaired) electrons. The summed E-state index contributed by atoms with van der Waals surface area (Å²) in [4.78, 5) is 39.5. The van der Waals surface area contributed by atoms with Crippen molar-refractivity contribution >= 4 is 23.6 Å². The molecule has 0 bridgehead atoms. The second-order valence-electron chi connectivity index (χ2n) is 10.0. The first-order chi connectivity index (χ1) is 16.5. The summed E-state index contributed by atoms with van der Waals surface area (Å²) >= 11 is 0. The molecule has 3 heterocycles. The Labute approximate surface area is 201 Å². The van der Waals surface area contributed by atoms with Crippen LogP contribution in [0.1, 0.15) is 55.3 Å². The van der Waals surface area contributed by atoms with Crippen LogP contribution in [0.4, 0.5) is 11.8 Å². The molecule has 2 unspecified atom stereocenters. The SMILES string of the molecule is CN1CCC(N(C)c2ncc3c(n2)NC2C=CC(C(=O)NC4CCCCC4)=CC2NC3=O)CC1. The highest BCUT2D eigenvalue weighted by molar-refractivity contribution is 6.01. The molecule has 0 spiro atoms. The van der Waals surface area contributed by atoms with Gasteiger partial charge in [0.1, 0.15) is 11.4 Å². The lowest BCUT2D eigenvalue weighted by atomic mass is 9.94. The predicted molar refractivity (Wildman–Crippen MR) is 132 cm³/mol. The van der Waals surface area contributed by atoms with Crippen molar-refractivity contribution in [1.82, 2.24) is 25.5 Å². The van der Waals surface area contributed by atoms with Crippen molar-refractivity contribution in [2.75, 3.05) is 37.4 Å².